The molecule has 32 heavy (non-hydrogen) atoms. The molecule has 0 spiro atoms. The molecule has 0 saturated carbocycles. The highest BCUT2D eigenvalue weighted by Gasteiger charge is 2.16. The van der Waals surface area contributed by atoms with Gasteiger partial charge >= 0.3 is 0 Å². The summed E-state index contributed by atoms with van der Waals surface area (Å²) in [6, 6.07) is 13.4. The van der Waals surface area contributed by atoms with E-state index in [0.29, 0.717) is 28.3 Å². The van der Waals surface area contributed by atoms with Crippen LogP contribution in [0.5, 0.6) is 5.75 Å². The van der Waals surface area contributed by atoms with Crippen molar-refractivity contribution in [2.75, 3.05) is 7.11 Å². The van der Waals surface area contributed by atoms with E-state index < -0.39 is 5.56 Å². The molecular formula is C21H16FN7O3. The van der Waals surface area contributed by atoms with Gasteiger partial charge in [0.05, 0.1) is 19.2 Å². The predicted octanol–water partition coefficient (Wildman–Crippen LogP) is 2.28. The first kappa shape index (κ1) is 19.5. The van der Waals surface area contributed by atoms with E-state index in [1.165, 1.54) is 27.7 Å². The largest absolute Gasteiger partial charge is 0.496 e. The van der Waals surface area contributed by atoms with E-state index >= 15 is 0 Å². The number of para-hydroxylation sites is 1. The maximum atomic E-state index is 13.4. The summed E-state index contributed by atoms with van der Waals surface area (Å²) in [7, 11) is 1.56. The molecule has 2 aromatic carbocycles. The van der Waals surface area contributed by atoms with Gasteiger partial charge in [0.15, 0.2) is 11.2 Å². The molecule has 3 heterocycles. The van der Waals surface area contributed by atoms with Crippen LogP contribution in [-0.2, 0) is 13.1 Å². The summed E-state index contributed by atoms with van der Waals surface area (Å²) in [6.07, 6.45) is 1.36. The van der Waals surface area contributed by atoms with Crippen molar-refractivity contribution in [3.8, 4) is 17.1 Å². The third-order valence-electron chi connectivity index (χ3n) is 4.83. The fraction of sp³-hybridized carbons (Fsp3) is 0.143. The number of hydrogen-bond donors (Lipinski definition) is 0. The van der Waals surface area contributed by atoms with Gasteiger partial charge in [-0.15, -0.1) is 5.10 Å². The van der Waals surface area contributed by atoms with Crippen LogP contribution in [0.2, 0.25) is 0 Å². The van der Waals surface area contributed by atoms with Crippen molar-refractivity contribution in [2.45, 2.75) is 13.1 Å². The van der Waals surface area contributed by atoms with E-state index in [0.717, 1.165) is 0 Å². The second kappa shape index (κ2) is 8.02. The highest BCUT2D eigenvalue weighted by Crippen LogP contribution is 2.27. The number of benzene rings is 2. The van der Waals surface area contributed by atoms with Gasteiger partial charge in [0, 0.05) is 0 Å². The summed E-state index contributed by atoms with van der Waals surface area (Å²) < 4.78 is 26.8. The Morgan fingerprint density at radius 3 is 2.84 bits per heavy atom. The summed E-state index contributed by atoms with van der Waals surface area (Å²) in [4.78, 5) is 21.5. The highest BCUT2D eigenvalue weighted by atomic mass is 19.1. The summed E-state index contributed by atoms with van der Waals surface area (Å²) in [6.45, 7) is 0.247. The summed E-state index contributed by atoms with van der Waals surface area (Å²) in [5.41, 5.74) is 1.34. The Bertz CT molecular complexity index is 1470. The lowest BCUT2D eigenvalue weighted by atomic mass is 10.2. The molecule has 0 aliphatic heterocycles. The van der Waals surface area contributed by atoms with Crippen LogP contribution in [-0.4, -0.2) is 41.8 Å². The average Bonchev–Trinajstić information content (AvgIpc) is 3.43. The molecule has 0 amide bonds. The molecule has 0 bridgehead atoms. The fourth-order valence-corrected chi connectivity index (χ4v) is 3.32. The second-order valence-electron chi connectivity index (χ2n) is 6.94. The van der Waals surface area contributed by atoms with Crippen molar-refractivity contribution in [3.63, 3.8) is 0 Å². The van der Waals surface area contributed by atoms with Gasteiger partial charge in [-0.25, -0.2) is 14.1 Å². The van der Waals surface area contributed by atoms with Crippen molar-refractivity contribution < 1.29 is 13.7 Å². The number of hydrogen-bond acceptors (Lipinski definition) is 8. The van der Waals surface area contributed by atoms with Crippen LogP contribution >= 0.6 is 0 Å². The second-order valence-corrected chi connectivity index (χ2v) is 6.94. The monoisotopic (exact) mass is 433 g/mol. The molecule has 0 radical (unpaired) electrons. The van der Waals surface area contributed by atoms with Crippen LogP contribution in [0.15, 0.2) is 64.2 Å². The van der Waals surface area contributed by atoms with Crippen molar-refractivity contribution in [2.24, 2.45) is 0 Å². The zero-order valence-electron chi connectivity index (χ0n) is 16.8. The van der Waals surface area contributed by atoms with Crippen molar-refractivity contribution in [1.82, 2.24) is 34.7 Å². The van der Waals surface area contributed by atoms with E-state index in [1.54, 1.807) is 25.3 Å². The van der Waals surface area contributed by atoms with E-state index in [-0.39, 0.29) is 30.3 Å². The molecule has 0 atom stereocenters. The number of halogens is 1. The van der Waals surface area contributed by atoms with Crippen LogP contribution in [0, 0.1) is 5.82 Å². The number of methoxy groups -OCH3 is 1. The van der Waals surface area contributed by atoms with E-state index in [2.05, 4.69) is 25.4 Å². The predicted molar refractivity (Wildman–Crippen MR) is 110 cm³/mol. The van der Waals surface area contributed by atoms with Gasteiger partial charge in [0.25, 0.3) is 5.56 Å². The minimum absolute atomic E-state index is 0.0146. The normalized spacial score (nSPS) is 11.2. The molecule has 10 nitrogen and oxygen atoms in total. The molecular weight excluding hydrogens is 417 g/mol. The first-order valence-corrected chi connectivity index (χ1v) is 9.61. The van der Waals surface area contributed by atoms with Gasteiger partial charge in [-0.3, -0.25) is 9.36 Å². The zero-order valence-corrected chi connectivity index (χ0v) is 16.8. The summed E-state index contributed by atoms with van der Waals surface area (Å²) in [5, 5.41) is 11.9. The van der Waals surface area contributed by atoms with Gasteiger partial charge < -0.3 is 9.26 Å². The number of ether oxygens (including phenoxy) is 1. The minimum Gasteiger partial charge on any atom is -0.496 e. The van der Waals surface area contributed by atoms with Gasteiger partial charge in [0.1, 0.15) is 24.4 Å². The lowest BCUT2D eigenvalue weighted by Crippen LogP contribution is -2.21. The Labute approximate surface area is 179 Å². The quantitative estimate of drug-likeness (QED) is 0.401. The van der Waals surface area contributed by atoms with Crippen LogP contribution < -0.4 is 10.3 Å². The number of fused-ring (bicyclic) bond motifs is 1. The molecule has 160 valence electrons. The van der Waals surface area contributed by atoms with Gasteiger partial charge in [0.2, 0.25) is 11.7 Å². The third-order valence-corrected chi connectivity index (χ3v) is 4.83. The first-order chi connectivity index (χ1) is 15.6. The topological polar surface area (TPSA) is 114 Å². The molecule has 0 saturated heterocycles. The average molecular weight is 433 g/mol. The minimum atomic E-state index is -0.405. The Morgan fingerprint density at radius 1 is 1.12 bits per heavy atom. The van der Waals surface area contributed by atoms with Crippen LogP contribution in [0.3, 0.4) is 0 Å². The van der Waals surface area contributed by atoms with E-state index in [9.17, 15) is 9.18 Å². The summed E-state index contributed by atoms with van der Waals surface area (Å²) >= 11 is 0. The Balaban J connectivity index is 1.42. The van der Waals surface area contributed by atoms with Gasteiger partial charge in [-0.1, -0.05) is 34.6 Å². The van der Waals surface area contributed by atoms with E-state index in [4.69, 9.17) is 9.26 Å². The van der Waals surface area contributed by atoms with Crippen molar-refractivity contribution >= 4 is 11.2 Å². The van der Waals surface area contributed by atoms with Crippen LogP contribution in [0.1, 0.15) is 11.5 Å². The maximum absolute atomic E-state index is 13.4. The fourth-order valence-electron chi connectivity index (χ4n) is 3.32. The third kappa shape index (κ3) is 3.60. The Kier molecular flexibility index (Phi) is 4.90. The van der Waals surface area contributed by atoms with Gasteiger partial charge in [-0.05, 0) is 29.8 Å². The number of rotatable bonds is 6. The molecule has 11 heteroatoms. The van der Waals surface area contributed by atoms with Crippen molar-refractivity contribution in [3.05, 3.63) is 82.5 Å². The van der Waals surface area contributed by atoms with Gasteiger partial charge in [-0.2, -0.15) is 4.98 Å². The molecule has 0 fully saturated rings. The van der Waals surface area contributed by atoms with Crippen molar-refractivity contribution in [1.29, 1.82) is 0 Å². The van der Waals surface area contributed by atoms with Crippen LogP contribution in [0.25, 0.3) is 22.6 Å². The smallest absolute Gasteiger partial charge is 0.283 e. The lowest BCUT2D eigenvalue weighted by molar-refractivity contribution is 0.369. The molecule has 5 rings (SSSR count). The SMILES string of the molecule is COc1ccccc1-c1noc(Cn2cnc3c(nnn3Cc3cccc(F)c3)c2=O)n1. The molecule has 0 unspecified atom stereocenters. The summed E-state index contributed by atoms with van der Waals surface area (Å²) in [5.74, 6) is 0.825. The molecule has 5 aromatic rings. The Morgan fingerprint density at radius 2 is 2.00 bits per heavy atom. The maximum Gasteiger partial charge on any atom is 0.283 e. The molecule has 3 aromatic heterocycles. The lowest BCUT2D eigenvalue weighted by Gasteiger charge is -2.04. The zero-order chi connectivity index (χ0) is 22.1. The van der Waals surface area contributed by atoms with E-state index in [1.807, 2.05) is 18.2 Å². The Hall–Kier alpha value is -4.41. The molecule has 0 aliphatic rings. The molecule has 0 N–H and O–H groups in total. The first-order valence-electron chi connectivity index (χ1n) is 9.61. The number of aromatic nitrogens is 7. The highest BCUT2D eigenvalue weighted by molar-refractivity contribution is 5.68. The standard InChI is InChI=1S/C21H16FN7O3/c1-31-16-8-3-2-7-15(16)19-24-17(32-26-19)11-28-12-23-20-18(21(28)30)25-27-29(20)10-13-5-4-6-14(22)9-13/h2-9,12H,10-11H2,1H3. The molecule has 0 aliphatic carbocycles. The van der Waals surface area contributed by atoms with Crippen LogP contribution in [0.4, 0.5) is 4.39 Å². The number of nitrogens with zero attached hydrogens (tertiary/aromatic N) is 7.